The van der Waals surface area contributed by atoms with Crippen LogP contribution in [0.15, 0.2) is 24.3 Å². The lowest BCUT2D eigenvalue weighted by Gasteiger charge is -2.23. The fourth-order valence-electron chi connectivity index (χ4n) is 3.09. The number of nitrogens with one attached hydrogen (secondary N) is 1. The minimum Gasteiger partial charge on any atom is -0.394 e. The van der Waals surface area contributed by atoms with Gasteiger partial charge in [-0.15, -0.1) is 0 Å². The van der Waals surface area contributed by atoms with E-state index in [2.05, 4.69) is 43.4 Å². The van der Waals surface area contributed by atoms with Gasteiger partial charge >= 0.3 is 0 Å². The maximum absolute atomic E-state index is 9.48. The molecule has 1 fully saturated rings. The van der Waals surface area contributed by atoms with Gasteiger partial charge in [-0.3, -0.25) is 0 Å². The first-order valence-corrected chi connectivity index (χ1v) is 7.67. The highest BCUT2D eigenvalue weighted by molar-refractivity contribution is 5.28. The minimum absolute atomic E-state index is 0.0559. The normalized spacial score (nSPS) is 18.7. The van der Waals surface area contributed by atoms with Crippen molar-refractivity contribution in [2.75, 3.05) is 6.61 Å². The largest absolute Gasteiger partial charge is 0.394 e. The van der Waals surface area contributed by atoms with Crippen LogP contribution in [0.5, 0.6) is 0 Å². The van der Waals surface area contributed by atoms with Crippen molar-refractivity contribution in [2.24, 2.45) is 0 Å². The Bertz CT molecular complexity index is 365. The van der Waals surface area contributed by atoms with Gasteiger partial charge in [-0.25, -0.2) is 0 Å². The summed E-state index contributed by atoms with van der Waals surface area (Å²) in [4.78, 5) is 0. The SMILES string of the molecule is CC(C)NC(CO)c1ccc(C2CCCCC2)cc1. The molecule has 1 aromatic rings. The summed E-state index contributed by atoms with van der Waals surface area (Å²) in [6, 6.07) is 9.32. The molecular formula is C17H27NO. The summed E-state index contributed by atoms with van der Waals surface area (Å²) in [6.07, 6.45) is 6.83. The van der Waals surface area contributed by atoms with Crippen LogP contribution in [0.3, 0.4) is 0 Å². The zero-order valence-corrected chi connectivity index (χ0v) is 12.2. The maximum Gasteiger partial charge on any atom is 0.0626 e. The zero-order chi connectivity index (χ0) is 13.7. The molecule has 0 heterocycles. The van der Waals surface area contributed by atoms with Crippen LogP contribution in [0.2, 0.25) is 0 Å². The third-order valence-corrected chi connectivity index (χ3v) is 4.13. The standard InChI is InChI=1S/C17H27NO/c1-13(2)18-17(12-19)16-10-8-15(9-11-16)14-6-4-3-5-7-14/h8-11,13-14,17-19H,3-7,12H2,1-2H3. The molecule has 2 nitrogen and oxygen atoms in total. The lowest BCUT2D eigenvalue weighted by molar-refractivity contribution is 0.237. The van der Waals surface area contributed by atoms with Crippen LogP contribution in [0.25, 0.3) is 0 Å². The van der Waals surface area contributed by atoms with E-state index in [9.17, 15) is 5.11 Å². The van der Waals surface area contributed by atoms with E-state index in [0.29, 0.717) is 6.04 Å². The van der Waals surface area contributed by atoms with Gasteiger partial charge in [0.05, 0.1) is 12.6 Å². The van der Waals surface area contributed by atoms with Crippen molar-refractivity contribution in [1.29, 1.82) is 0 Å². The molecule has 0 aliphatic heterocycles. The lowest BCUT2D eigenvalue weighted by Crippen LogP contribution is -2.30. The van der Waals surface area contributed by atoms with Gasteiger partial charge in [0.15, 0.2) is 0 Å². The van der Waals surface area contributed by atoms with Crippen LogP contribution in [0.1, 0.15) is 69.0 Å². The predicted octanol–water partition coefficient (Wildman–Crippen LogP) is 3.77. The molecule has 0 amide bonds. The van der Waals surface area contributed by atoms with Gasteiger partial charge in [0.2, 0.25) is 0 Å². The second kappa shape index (κ2) is 7.06. The molecule has 106 valence electrons. The zero-order valence-electron chi connectivity index (χ0n) is 12.2. The summed E-state index contributed by atoms with van der Waals surface area (Å²) in [5.74, 6) is 0.758. The topological polar surface area (TPSA) is 32.3 Å². The maximum atomic E-state index is 9.48. The van der Waals surface area contributed by atoms with Crippen LogP contribution < -0.4 is 5.32 Å². The van der Waals surface area contributed by atoms with E-state index >= 15 is 0 Å². The third kappa shape index (κ3) is 4.05. The molecule has 0 saturated heterocycles. The van der Waals surface area contributed by atoms with E-state index in [1.807, 2.05) is 0 Å². The van der Waals surface area contributed by atoms with E-state index in [-0.39, 0.29) is 12.6 Å². The van der Waals surface area contributed by atoms with E-state index < -0.39 is 0 Å². The van der Waals surface area contributed by atoms with Crippen LogP contribution in [0, 0.1) is 0 Å². The fraction of sp³-hybridized carbons (Fsp3) is 0.647. The average molecular weight is 261 g/mol. The van der Waals surface area contributed by atoms with Crippen LogP contribution in [0.4, 0.5) is 0 Å². The molecule has 0 aromatic heterocycles. The molecule has 0 radical (unpaired) electrons. The molecule has 1 aliphatic rings. The number of hydrogen-bond donors (Lipinski definition) is 2. The van der Waals surface area contributed by atoms with Gasteiger partial charge in [0, 0.05) is 6.04 Å². The van der Waals surface area contributed by atoms with Crippen molar-refractivity contribution in [3.8, 4) is 0 Å². The van der Waals surface area contributed by atoms with Gasteiger partial charge in [0.25, 0.3) is 0 Å². The Morgan fingerprint density at radius 3 is 2.26 bits per heavy atom. The first-order valence-electron chi connectivity index (χ1n) is 7.67. The van der Waals surface area contributed by atoms with Crippen molar-refractivity contribution >= 4 is 0 Å². The van der Waals surface area contributed by atoms with E-state index in [0.717, 1.165) is 5.92 Å². The van der Waals surface area contributed by atoms with Crippen LogP contribution in [-0.2, 0) is 0 Å². The molecular weight excluding hydrogens is 234 g/mol. The van der Waals surface area contributed by atoms with Gasteiger partial charge in [-0.2, -0.15) is 0 Å². The van der Waals surface area contributed by atoms with E-state index in [1.165, 1.54) is 43.2 Å². The molecule has 1 aliphatic carbocycles. The van der Waals surface area contributed by atoms with Crippen molar-refractivity contribution < 1.29 is 5.11 Å². The molecule has 2 N–H and O–H groups in total. The predicted molar refractivity (Wildman–Crippen MR) is 80.4 cm³/mol. The molecule has 1 saturated carbocycles. The molecule has 1 aromatic carbocycles. The van der Waals surface area contributed by atoms with Gasteiger partial charge < -0.3 is 10.4 Å². The van der Waals surface area contributed by atoms with Gasteiger partial charge in [0.1, 0.15) is 0 Å². The quantitative estimate of drug-likeness (QED) is 0.845. The first-order chi connectivity index (χ1) is 9.20. The minimum atomic E-state index is 0.0559. The molecule has 1 atom stereocenters. The Morgan fingerprint density at radius 2 is 1.74 bits per heavy atom. The highest BCUT2D eigenvalue weighted by Gasteiger charge is 2.16. The molecule has 0 bridgehead atoms. The number of aliphatic hydroxyl groups excluding tert-OH is 1. The van der Waals surface area contributed by atoms with Crippen molar-refractivity contribution in [3.63, 3.8) is 0 Å². The Morgan fingerprint density at radius 1 is 1.11 bits per heavy atom. The number of benzene rings is 1. The molecule has 19 heavy (non-hydrogen) atoms. The summed E-state index contributed by atoms with van der Waals surface area (Å²) in [7, 11) is 0. The Hall–Kier alpha value is -0.860. The Balaban J connectivity index is 2.03. The smallest absolute Gasteiger partial charge is 0.0626 e. The van der Waals surface area contributed by atoms with Crippen molar-refractivity contribution in [1.82, 2.24) is 5.32 Å². The summed E-state index contributed by atoms with van der Waals surface area (Å²) in [5, 5.41) is 12.9. The highest BCUT2D eigenvalue weighted by Crippen LogP contribution is 2.32. The van der Waals surface area contributed by atoms with E-state index in [1.54, 1.807) is 0 Å². The summed E-state index contributed by atoms with van der Waals surface area (Å²) in [6.45, 7) is 4.37. The second-order valence-corrected chi connectivity index (χ2v) is 6.06. The highest BCUT2D eigenvalue weighted by atomic mass is 16.3. The molecule has 2 heteroatoms. The Kier molecular flexibility index (Phi) is 5.41. The van der Waals surface area contributed by atoms with Gasteiger partial charge in [-0.05, 0) is 29.9 Å². The van der Waals surface area contributed by atoms with Crippen molar-refractivity contribution in [2.45, 2.75) is 64.0 Å². The van der Waals surface area contributed by atoms with E-state index in [4.69, 9.17) is 0 Å². The van der Waals surface area contributed by atoms with Gasteiger partial charge in [-0.1, -0.05) is 57.4 Å². The first kappa shape index (κ1) is 14.5. The summed E-state index contributed by atoms with van der Waals surface area (Å²) < 4.78 is 0. The van der Waals surface area contributed by atoms with Crippen LogP contribution >= 0.6 is 0 Å². The van der Waals surface area contributed by atoms with Crippen molar-refractivity contribution in [3.05, 3.63) is 35.4 Å². The average Bonchev–Trinajstić information content (AvgIpc) is 2.46. The number of hydrogen-bond acceptors (Lipinski definition) is 2. The molecule has 0 spiro atoms. The Labute approximate surface area is 117 Å². The third-order valence-electron chi connectivity index (χ3n) is 4.13. The number of aliphatic hydroxyl groups is 1. The molecule has 1 unspecified atom stereocenters. The second-order valence-electron chi connectivity index (χ2n) is 6.06. The molecule has 2 rings (SSSR count). The number of rotatable bonds is 5. The summed E-state index contributed by atoms with van der Waals surface area (Å²) >= 11 is 0. The van der Waals surface area contributed by atoms with Crippen LogP contribution in [-0.4, -0.2) is 17.8 Å². The lowest BCUT2D eigenvalue weighted by atomic mass is 9.84. The summed E-state index contributed by atoms with van der Waals surface area (Å²) in [5.41, 5.74) is 2.67. The fourth-order valence-corrected chi connectivity index (χ4v) is 3.09. The monoisotopic (exact) mass is 261 g/mol.